The molecule has 7 nitrogen and oxygen atoms in total. The maximum atomic E-state index is 13.7. The van der Waals surface area contributed by atoms with Gasteiger partial charge in [-0.15, -0.1) is 0 Å². The van der Waals surface area contributed by atoms with Gasteiger partial charge in [-0.05, 0) is 41.8 Å². The molecule has 1 atom stereocenters. The summed E-state index contributed by atoms with van der Waals surface area (Å²) < 4.78 is 17.1. The molecule has 0 bridgehead atoms. The Morgan fingerprint density at radius 1 is 1.14 bits per heavy atom. The number of pyridine rings is 1. The molecule has 35 heavy (non-hydrogen) atoms. The number of hydrogen-bond acceptors (Lipinski definition) is 6. The van der Waals surface area contributed by atoms with Crippen molar-refractivity contribution in [1.29, 1.82) is 0 Å². The molecule has 186 valence electrons. The highest BCUT2D eigenvalue weighted by Gasteiger charge is 2.31. The molecule has 0 saturated carbocycles. The lowest BCUT2D eigenvalue weighted by Gasteiger charge is -2.36. The van der Waals surface area contributed by atoms with Gasteiger partial charge in [-0.3, -0.25) is 14.7 Å². The standard InChI is InChI=1S/C28H35N3O4/c1-20(2)16-31(17-21-10-11-24-22(15-21)7-6-12-29-24)28(32)27-19-30(13-14-35-27)18-23-25(33-3)8-5-9-26(23)34-4/h5-12,15,20,27H,13-14,16-19H2,1-4H3/t27-/m1/s1. The smallest absolute Gasteiger partial charge is 0.253 e. The van der Waals surface area contributed by atoms with E-state index in [9.17, 15) is 4.79 Å². The highest BCUT2D eigenvalue weighted by Crippen LogP contribution is 2.30. The summed E-state index contributed by atoms with van der Waals surface area (Å²) in [5.41, 5.74) is 3.02. The van der Waals surface area contributed by atoms with Gasteiger partial charge < -0.3 is 19.1 Å². The number of ether oxygens (including phenoxy) is 3. The molecule has 1 aromatic heterocycles. The molecule has 0 unspecified atom stereocenters. The number of methoxy groups -OCH3 is 2. The maximum absolute atomic E-state index is 13.7. The number of rotatable bonds is 9. The SMILES string of the molecule is COc1cccc(OC)c1CN1CCO[C@@H](C(=O)N(Cc2ccc3ncccc3c2)CC(C)C)C1. The van der Waals surface area contributed by atoms with Gasteiger partial charge in [-0.1, -0.05) is 32.0 Å². The first-order valence-corrected chi connectivity index (χ1v) is 12.1. The Labute approximate surface area is 207 Å². The summed E-state index contributed by atoms with van der Waals surface area (Å²) in [6.45, 7) is 7.88. The van der Waals surface area contributed by atoms with Crippen LogP contribution in [0.5, 0.6) is 11.5 Å². The Bertz CT molecular complexity index is 1130. The fourth-order valence-electron chi connectivity index (χ4n) is 4.62. The van der Waals surface area contributed by atoms with Gasteiger partial charge in [-0.25, -0.2) is 0 Å². The number of morpholine rings is 1. The Balaban J connectivity index is 1.49. The molecule has 1 aliphatic heterocycles. The fourth-order valence-corrected chi connectivity index (χ4v) is 4.62. The molecule has 1 fully saturated rings. The van der Waals surface area contributed by atoms with Crippen LogP contribution < -0.4 is 9.47 Å². The van der Waals surface area contributed by atoms with Gasteiger partial charge >= 0.3 is 0 Å². The van der Waals surface area contributed by atoms with Gasteiger partial charge in [0.2, 0.25) is 0 Å². The first-order chi connectivity index (χ1) is 17.0. The second-order valence-corrected chi connectivity index (χ2v) is 9.38. The van der Waals surface area contributed by atoms with E-state index in [-0.39, 0.29) is 5.91 Å². The second-order valence-electron chi connectivity index (χ2n) is 9.38. The van der Waals surface area contributed by atoms with Crippen LogP contribution in [0.4, 0.5) is 0 Å². The second kappa shape index (κ2) is 11.5. The van der Waals surface area contributed by atoms with E-state index >= 15 is 0 Å². The van der Waals surface area contributed by atoms with E-state index < -0.39 is 6.10 Å². The highest BCUT2D eigenvalue weighted by molar-refractivity contribution is 5.82. The number of carbonyl (C=O) groups is 1. The molecule has 1 saturated heterocycles. The number of aromatic nitrogens is 1. The molecule has 0 radical (unpaired) electrons. The highest BCUT2D eigenvalue weighted by atomic mass is 16.5. The summed E-state index contributed by atoms with van der Waals surface area (Å²) in [4.78, 5) is 22.2. The van der Waals surface area contributed by atoms with Crippen LogP contribution in [0.25, 0.3) is 10.9 Å². The van der Waals surface area contributed by atoms with Crippen LogP contribution in [0.15, 0.2) is 54.7 Å². The number of benzene rings is 2. The van der Waals surface area contributed by atoms with Gasteiger partial charge in [0.15, 0.2) is 0 Å². The summed E-state index contributed by atoms with van der Waals surface area (Å²) in [6.07, 6.45) is 1.29. The van der Waals surface area contributed by atoms with Crippen LogP contribution in [0.2, 0.25) is 0 Å². The monoisotopic (exact) mass is 477 g/mol. The molecule has 0 aliphatic carbocycles. The Kier molecular flexibility index (Phi) is 8.21. The minimum atomic E-state index is -0.509. The minimum absolute atomic E-state index is 0.0293. The molecule has 3 aromatic rings. The van der Waals surface area contributed by atoms with Gasteiger partial charge in [0.25, 0.3) is 5.91 Å². The number of fused-ring (bicyclic) bond motifs is 1. The van der Waals surface area contributed by atoms with Crippen LogP contribution in [0.3, 0.4) is 0 Å². The molecular weight excluding hydrogens is 442 g/mol. The van der Waals surface area contributed by atoms with Crippen LogP contribution in [0, 0.1) is 5.92 Å². The Morgan fingerprint density at radius 3 is 2.63 bits per heavy atom. The van der Waals surface area contributed by atoms with Crippen molar-refractivity contribution in [2.45, 2.75) is 33.0 Å². The normalized spacial score (nSPS) is 16.4. The fraction of sp³-hybridized carbons (Fsp3) is 0.429. The largest absolute Gasteiger partial charge is 0.496 e. The molecule has 2 aromatic carbocycles. The number of carbonyl (C=O) groups excluding carboxylic acids is 1. The third-order valence-electron chi connectivity index (χ3n) is 6.28. The average Bonchev–Trinajstić information content (AvgIpc) is 2.88. The first-order valence-electron chi connectivity index (χ1n) is 12.1. The van der Waals surface area contributed by atoms with E-state index in [2.05, 4.69) is 41.9 Å². The third-order valence-corrected chi connectivity index (χ3v) is 6.28. The number of amides is 1. The summed E-state index contributed by atoms with van der Waals surface area (Å²) in [5.74, 6) is 1.94. The lowest BCUT2D eigenvalue weighted by atomic mass is 10.1. The lowest BCUT2D eigenvalue weighted by molar-refractivity contribution is -0.151. The van der Waals surface area contributed by atoms with Gasteiger partial charge in [-0.2, -0.15) is 0 Å². The van der Waals surface area contributed by atoms with Crippen LogP contribution >= 0.6 is 0 Å². The van der Waals surface area contributed by atoms with Crippen molar-refractivity contribution in [2.75, 3.05) is 40.5 Å². The molecule has 2 heterocycles. The van der Waals surface area contributed by atoms with E-state index in [0.717, 1.165) is 40.1 Å². The predicted octanol–water partition coefficient (Wildman–Crippen LogP) is 4.14. The molecule has 7 heteroatoms. The van der Waals surface area contributed by atoms with Crippen molar-refractivity contribution >= 4 is 16.8 Å². The number of hydrogen-bond donors (Lipinski definition) is 0. The van der Waals surface area contributed by atoms with Crippen LogP contribution in [-0.2, 0) is 22.6 Å². The van der Waals surface area contributed by atoms with Crippen molar-refractivity contribution < 1.29 is 19.0 Å². The molecule has 1 amide bonds. The van der Waals surface area contributed by atoms with Crippen molar-refractivity contribution in [3.05, 3.63) is 65.9 Å². The first kappa shape index (κ1) is 24.9. The summed E-state index contributed by atoms with van der Waals surface area (Å²) in [6, 6.07) is 16.0. The minimum Gasteiger partial charge on any atom is -0.496 e. The van der Waals surface area contributed by atoms with Crippen LogP contribution in [0.1, 0.15) is 25.0 Å². The number of nitrogens with zero attached hydrogens (tertiary/aromatic N) is 3. The topological polar surface area (TPSA) is 64.1 Å². The van der Waals surface area contributed by atoms with E-state index in [1.54, 1.807) is 20.4 Å². The van der Waals surface area contributed by atoms with Gasteiger partial charge in [0.05, 0.1) is 31.9 Å². The molecule has 4 rings (SSSR count). The van der Waals surface area contributed by atoms with E-state index in [4.69, 9.17) is 14.2 Å². The zero-order chi connectivity index (χ0) is 24.8. The van der Waals surface area contributed by atoms with E-state index in [0.29, 0.717) is 38.7 Å². The maximum Gasteiger partial charge on any atom is 0.253 e. The quantitative estimate of drug-likeness (QED) is 0.462. The molecule has 0 N–H and O–H groups in total. The van der Waals surface area contributed by atoms with E-state index in [1.165, 1.54) is 0 Å². The van der Waals surface area contributed by atoms with Crippen molar-refractivity contribution in [1.82, 2.24) is 14.8 Å². The Hall–Kier alpha value is -3.16. The van der Waals surface area contributed by atoms with Gasteiger partial charge in [0.1, 0.15) is 17.6 Å². The predicted molar refractivity (Wildman–Crippen MR) is 137 cm³/mol. The summed E-state index contributed by atoms with van der Waals surface area (Å²) in [5, 5.41) is 1.08. The lowest BCUT2D eigenvalue weighted by Crippen LogP contribution is -2.51. The van der Waals surface area contributed by atoms with Crippen molar-refractivity contribution in [3.8, 4) is 11.5 Å². The average molecular weight is 478 g/mol. The zero-order valence-electron chi connectivity index (χ0n) is 21.1. The third kappa shape index (κ3) is 6.10. The van der Waals surface area contributed by atoms with Crippen molar-refractivity contribution in [2.24, 2.45) is 5.92 Å². The van der Waals surface area contributed by atoms with E-state index in [1.807, 2.05) is 35.2 Å². The van der Waals surface area contributed by atoms with Crippen LogP contribution in [-0.4, -0.2) is 67.3 Å². The Morgan fingerprint density at radius 2 is 1.91 bits per heavy atom. The van der Waals surface area contributed by atoms with Gasteiger partial charge in [0, 0.05) is 44.3 Å². The molecule has 1 aliphatic rings. The summed E-state index contributed by atoms with van der Waals surface area (Å²) in [7, 11) is 3.33. The molecular formula is C28H35N3O4. The van der Waals surface area contributed by atoms with Crippen molar-refractivity contribution in [3.63, 3.8) is 0 Å². The zero-order valence-corrected chi connectivity index (χ0v) is 21.1. The molecule has 0 spiro atoms. The summed E-state index contributed by atoms with van der Waals surface area (Å²) >= 11 is 0.